The summed E-state index contributed by atoms with van der Waals surface area (Å²) in [6, 6.07) is 0. The maximum Gasteiger partial charge on any atom is 0.0558 e. The van der Waals surface area contributed by atoms with E-state index in [1.54, 1.807) is 0 Å². The lowest BCUT2D eigenvalue weighted by Crippen LogP contribution is -2.35. The Labute approximate surface area is 67.8 Å². The average molecular weight is 162 g/mol. The van der Waals surface area contributed by atoms with E-state index in [4.69, 9.17) is 10.2 Å². The molecule has 0 aromatic heterocycles. The van der Waals surface area contributed by atoms with Crippen molar-refractivity contribution in [3.05, 3.63) is 0 Å². The summed E-state index contributed by atoms with van der Waals surface area (Å²) < 4.78 is 0. The molecule has 4 heteroatoms. The number of hydrogen-bond acceptors (Lipinski definition) is 4. The fraction of sp³-hybridized carbons (Fsp3) is 1.00. The van der Waals surface area contributed by atoms with Gasteiger partial charge in [-0.2, -0.15) is 0 Å². The third-order valence-corrected chi connectivity index (χ3v) is 1.51. The summed E-state index contributed by atoms with van der Waals surface area (Å²) in [4.78, 5) is 2.01. The highest BCUT2D eigenvalue weighted by Crippen LogP contribution is 1.84. The number of aliphatic hydroxyl groups is 2. The van der Waals surface area contributed by atoms with Crippen LogP contribution < -0.4 is 5.32 Å². The summed E-state index contributed by atoms with van der Waals surface area (Å²) in [5.74, 6) is 0. The van der Waals surface area contributed by atoms with E-state index in [9.17, 15) is 0 Å². The van der Waals surface area contributed by atoms with Gasteiger partial charge in [0.15, 0.2) is 0 Å². The van der Waals surface area contributed by atoms with Crippen molar-refractivity contribution in [2.24, 2.45) is 0 Å². The molecule has 0 saturated heterocycles. The second kappa shape index (κ2) is 7.94. The van der Waals surface area contributed by atoms with Crippen LogP contribution in [0.15, 0.2) is 0 Å². The van der Waals surface area contributed by atoms with E-state index in [0.717, 1.165) is 13.1 Å². The summed E-state index contributed by atoms with van der Waals surface area (Å²) in [5.41, 5.74) is 0. The van der Waals surface area contributed by atoms with E-state index in [1.165, 1.54) is 0 Å². The first-order valence-electron chi connectivity index (χ1n) is 3.93. The first-order valence-corrected chi connectivity index (χ1v) is 3.93. The fourth-order valence-corrected chi connectivity index (χ4v) is 0.888. The van der Waals surface area contributed by atoms with E-state index in [-0.39, 0.29) is 13.2 Å². The molecule has 4 nitrogen and oxygen atoms in total. The van der Waals surface area contributed by atoms with Gasteiger partial charge in [0.25, 0.3) is 0 Å². The van der Waals surface area contributed by atoms with Crippen molar-refractivity contribution in [2.45, 2.75) is 0 Å². The van der Waals surface area contributed by atoms with E-state index in [2.05, 4.69) is 5.32 Å². The Morgan fingerprint density at radius 2 is 1.64 bits per heavy atom. The van der Waals surface area contributed by atoms with Crippen molar-refractivity contribution in [3.63, 3.8) is 0 Å². The fourth-order valence-electron chi connectivity index (χ4n) is 0.888. The minimum Gasteiger partial charge on any atom is -0.395 e. The Bertz CT molecular complexity index is 74.8. The molecular formula is C7H18N2O2. The van der Waals surface area contributed by atoms with Crippen molar-refractivity contribution >= 4 is 0 Å². The highest BCUT2D eigenvalue weighted by Gasteiger charge is 2.00. The lowest BCUT2D eigenvalue weighted by molar-refractivity contribution is 0.162. The maximum absolute atomic E-state index is 8.62. The Morgan fingerprint density at radius 3 is 2.00 bits per heavy atom. The molecule has 0 heterocycles. The standard InChI is InChI=1S/C7H18N2O2/c1-8-2-3-9(4-6-10)5-7-11/h8,10-11H,2-7H2,1H3. The monoisotopic (exact) mass is 162 g/mol. The highest BCUT2D eigenvalue weighted by atomic mass is 16.3. The van der Waals surface area contributed by atoms with Crippen molar-refractivity contribution in [1.82, 2.24) is 10.2 Å². The van der Waals surface area contributed by atoms with Gasteiger partial charge in [0, 0.05) is 26.2 Å². The molecule has 11 heavy (non-hydrogen) atoms. The predicted molar refractivity (Wildman–Crippen MR) is 44.5 cm³/mol. The van der Waals surface area contributed by atoms with Crippen LogP contribution in [0.3, 0.4) is 0 Å². The number of likely N-dealkylation sites (N-methyl/N-ethyl adjacent to an activating group) is 1. The van der Waals surface area contributed by atoms with Gasteiger partial charge in [-0.05, 0) is 7.05 Å². The first-order chi connectivity index (χ1) is 5.35. The molecule has 0 atom stereocenters. The SMILES string of the molecule is CNCCN(CCO)CCO. The summed E-state index contributed by atoms with van der Waals surface area (Å²) >= 11 is 0. The molecule has 0 aliphatic heterocycles. The van der Waals surface area contributed by atoms with Gasteiger partial charge >= 0.3 is 0 Å². The summed E-state index contributed by atoms with van der Waals surface area (Å²) in [6.07, 6.45) is 0. The first kappa shape index (κ1) is 10.8. The molecule has 0 rings (SSSR count). The summed E-state index contributed by atoms with van der Waals surface area (Å²) in [6.45, 7) is 3.36. The van der Waals surface area contributed by atoms with Crippen LogP contribution in [0.1, 0.15) is 0 Å². The zero-order valence-electron chi connectivity index (χ0n) is 7.08. The van der Waals surface area contributed by atoms with Crippen LogP contribution in [-0.4, -0.2) is 61.6 Å². The normalized spacial score (nSPS) is 10.9. The minimum atomic E-state index is 0.156. The molecule has 0 radical (unpaired) electrons. The van der Waals surface area contributed by atoms with Crippen LogP contribution in [-0.2, 0) is 0 Å². The van der Waals surface area contributed by atoms with Gasteiger partial charge < -0.3 is 15.5 Å². The minimum absolute atomic E-state index is 0.156. The number of rotatable bonds is 7. The molecule has 0 aromatic carbocycles. The van der Waals surface area contributed by atoms with Gasteiger partial charge in [-0.25, -0.2) is 0 Å². The maximum atomic E-state index is 8.62. The second-order valence-electron chi connectivity index (χ2n) is 2.39. The van der Waals surface area contributed by atoms with Gasteiger partial charge in [0.2, 0.25) is 0 Å². The molecule has 0 aromatic rings. The van der Waals surface area contributed by atoms with Crippen LogP contribution in [0, 0.1) is 0 Å². The molecular weight excluding hydrogens is 144 g/mol. The third kappa shape index (κ3) is 6.25. The van der Waals surface area contributed by atoms with E-state index in [0.29, 0.717) is 13.1 Å². The van der Waals surface area contributed by atoms with Crippen LogP contribution in [0.2, 0.25) is 0 Å². The zero-order chi connectivity index (χ0) is 8.53. The van der Waals surface area contributed by atoms with Gasteiger partial charge in [0.1, 0.15) is 0 Å². The number of aliphatic hydroxyl groups excluding tert-OH is 2. The van der Waals surface area contributed by atoms with Gasteiger partial charge in [-0.3, -0.25) is 4.90 Å². The lowest BCUT2D eigenvalue weighted by atomic mass is 10.4. The van der Waals surface area contributed by atoms with Crippen LogP contribution in [0.25, 0.3) is 0 Å². The third-order valence-electron chi connectivity index (χ3n) is 1.51. The van der Waals surface area contributed by atoms with E-state index < -0.39 is 0 Å². The zero-order valence-corrected chi connectivity index (χ0v) is 7.08. The number of nitrogens with zero attached hydrogens (tertiary/aromatic N) is 1. The molecule has 0 amide bonds. The van der Waals surface area contributed by atoms with Crippen molar-refractivity contribution in [3.8, 4) is 0 Å². The molecule has 0 aliphatic carbocycles. The summed E-state index contributed by atoms with van der Waals surface area (Å²) in [5, 5.41) is 20.2. The quantitative estimate of drug-likeness (QED) is 0.426. The van der Waals surface area contributed by atoms with Gasteiger partial charge in [-0.1, -0.05) is 0 Å². The molecule has 0 aliphatic rings. The number of hydrogen-bond donors (Lipinski definition) is 3. The van der Waals surface area contributed by atoms with Crippen LogP contribution >= 0.6 is 0 Å². The highest BCUT2D eigenvalue weighted by molar-refractivity contribution is 4.56. The molecule has 0 spiro atoms. The molecule has 3 N–H and O–H groups in total. The lowest BCUT2D eigenvalue weighted by Gasteiger charge is -2.19. The Hall–Kier alpha value is -0.160. The molecule has 0 saturated carbocycles. The van der Waals surface area contributed by atoms with E-state index in [1.807, 2.05) is 11.9 Å². The molecule has 68 valence electrons. The Morgan fingerprint density at radius 1 is 1.09 bits per heavy atom. The van der Waals surface area contributed by atoms with Gasteiger partial charge in [-0.15, -0.1) is 0 Å². The average Bonchev–Trinajstić information content (AvgIpc) is 2.01. The largest absolute Gasteiger partial charge is 0.395 e. The summed E-state index contributed by atoms with van der Waals surface area (Å²) in [7, 11) is 1.88. The molecule has 0 fully saturated rings. The van der Waals surface area contributed by atoms with Crippen LogP contribution in [0.5, 0.6) is 0 Å². The van der Waals surface area contributed by atoms with Gasteiger partial charge in [0.05, 0.1) is 13.2 Å². The van der Waals surface area contributed by atoms with Crippen molar-refractivity contribution in [2.75, 3.05) is 46.4 Å². The predicted octanol–water partition coefficient (Wildman–Crippen LogP) is -1.51. The Kier molecular flexibility index (Phi) is 7.83. The van der Waals surface area contributed by atoms with Crippen molar-refractivity contribution in [1.29, 1.82) is 0 Å². The Balaban J connectivity index is 3.34. The number of nitrogens with one attached hydrogen (secondary N) is 1. The van der Waals surface area contributed by atoms with Crippen LogP contribution in [0.4, 0.5) is 0 Å². The van der Waals surface area contributed by atoms with E-state index >= 15 is 0 Å². The second-order valence-corrected chi connectivity index (χ2v) is 2.39. The smallest absolute Gasteiger partial charge is 0.0558 e. The van der Waals surface area contributed by atoms with Crippen molar-refractivity contribution < 1.29 is 10.2 Å². The topological polar surface area (TPSA) is 55.7 Å². The molecule has 0 bridgehead atoms. The molecule has 0 unspecified atom stereocenters.